The summed E-state index contributed by atoms with van der Waals surface area (Å²) in [5.74, 6) is 2.32. The Morgan fingerprint density at radius 2 is 1.72 bits per heavy atom. The highest BCUT2D eigenvalue weighted by molar-refractivity contribution is 5.50. The van der Waals surface area contributed by atoms with Gasteiger partial charge >= 0.3 is 0 Å². The van der Waals surface area contributed by atoms with E-state index in [2.05, 4.69) is 6.92 Å². The van der Waals surface area contributed by atoms with Crippen LogP contribution in [0.1, 0.15) is 30.9 Å². The van der Waals surface area contributed by atoms with Crippen molar-refractivity contribution >= 4 is 0 Å². The monoisotopic (exact) mass is 344 g/mol. The summed E-state index contributed by atoms with van der Waals surface area (Å²) in [4.78, 5) is 0. The number of hydrogen-bond donors (Lipinski definition) is 2. The van der Waals surface area contributed by atoms with E-state index in [4.69, 9.17) is 14.2 Å². The molecule has 1 heterocycles. The fourth-order valence-corrected chi connectivity index (χ4v) is 3.29. The number of aromatic hydroxyl groups is 1. The van der Waals surface area contributed by atoms with Gasteiger partial charge in [0.1, 0.15) is 0 Å². The summed E-state index contributed by atoms with van der Waals surface area (Å²) in [6.07, 6.45) is 0. The lowest BCUT2D eigenvalue weighted by Crippen LogP contribution is -2.21. The molecule has 0 fully saturated rings. The standard InChI is InChI=1S/C20H24O5/c1-12(10-21)13(2)20(14-4-6-16(22)18(8-14)23-3)15-5-7-17-19(9-15)25-11-24-17/h4-9,12-13,20-22H,10-11H2,1-3H3/t12-,13-,20+/m1/s1. The van der Waals surface area contributed by atoms with Gasteiger partial charge in [-0.05, 0) is 47.2 Å². The molecule has 2 N–H and O–H groups in total. The molecule has 134 valence electrons. The molecule has 0 radical (unpaired) electrons. The topological polar surface area (TPSA) is 68.2 Å². The SMILES string of the molecule is COc1cc([C@@H](c2ccc3c(c2)OCO3)[C@H](C)[C@H](C)CO)ccc1O. The molecule has 5 heteroatoms. The van der Waals surface area contributed by atoms with Gasteiger partial charge in [-0.25, -0.2) is 0 Å². The van der Waals surface area contributed by atoms with E-state index in [0.29, 0.717) is 5.75 Å². The Labute approximate surface area is 147 Å². The molecule has 0 saturated heterocycles. The Bertz CT molecular complexity index is 732. The lowest BCUT2D eigenvalue weighted by atomic mass is 9.76. The lowest BCUT2D eigenvalue weighted by molar-refractivity contribution is 0.173. The lowest BCUT2D eigenvalue weighted by Gasteiger charge is -2.29. The van der Waals surface area contributed by atoms with Crippen LogP contribution in [0.4, 0.5) is 0 Å². The molecule has 5 nitrogen and oxygen atoms in total. The highest BCUT2D eigenvalue weighted by atomic mass is 16.7. The van der Waals surface area contributed by atoms with Gasteiger partial charge in [0.2, 0.25) is 6.79 Å². The van der Waals surface area contributed by atoms with Gasteiger partial charge in [0.05, 0.1) is 7.11 Å². The average Bonchev–Trinajstić information content (AvgIpc) is 3.10. The van der Waals surface area contributed by atoms with Crippen LogP contribution in [0.3, 0.4) is 0 Å². The summed E-state index contributed by atoms with van der Waals surface area (Å²) in [5.41, 5.74) is 2.09. The van der Waals surface area contributed by atoms with Crippen molar-refractivity contribution in [2.45, 2.75) is 19.8 Å². The molecule has 1 aliphatic heterocycles. The number of benzene rings is 2. The van der Waals surface area contributed by atoms with Crippen molar-refractivity contribution in [2.75, 3.05) is 20.5 Å². The Kier molecular flexibility index (Phi) is 5.04. The predicted octanol–water partition coefficient (Wildman–Crippen LogP) is 3.53. The number of rotatable bonds is 6. The van der Waals surface area contributed by atoms with Crippen LogP contribution in [-0.4, -0.2) is 30.7 Å². The molecular formula is C20H24O5. The third kappa shape index (κ3) is 3.37. The van der Waals surface area contributed by atoms with Crippen molar-refractivity contribution in [3.8, 4) is 23.0 Å². The molecule has 2 aromatic carbocycles. The minimum Gasteiger partial charge on any atom is -0.504 e. The molecule has 0 spiro atoms. The second-order valence-corrected chi connectivity index (χ2v) is 6.54. The van der Waals surface area contributed by atoms with Gasteiger partial charge in [-0.1, -0.05) is 26.0 Å². The zero-order valence-corrected chi connectivity index (χ0v) is 14.7. The minimum atomic E-state index is 0.0196. The van der Waals surface area contributed by atoms with E-state index in [1.54, 1.807) is 6.07 Å². The molecule has 0 aliphatic carbocycles. The summed E-state index contributed by atoms with van der Waals surface area (Å²) >= 11 is 0. The van der Waals surface area contributed by atoms with Crippen molar-refractivity contribution in [1.29, 1.82) is 0 Å². The molecule has 0 bridgehead atoms. The largest absolute Gasteiger partial charge is 0.504 e. The van der Waals surface area contributed by atoms with E-state index in [0.717, 1.165) is 22.6 Å². The van der Waals surface area contributed by atoms with Gasteiger partial charge in [0, 0.05) is 12.5 Å². The Balaban J connectivity index is 2.06. The van der Waals surface area contributed by atoms with Crippen LogP contribution in [-0.2, 0) is 0 Å². The van der Waals surface area contributed by atoms with Crippen molar-refractivity contribution in [3.05, 3.63) is 47.5 Å². The summed E-state index contributed by atoms with van der Waals surface area (Å²) in [5, 5.41) is 19.5. The first kappa shape index (κ1) is 17.4. The van der Waals surface area contributed by atoms with Crippen molar-refractivity contribution < 1.29 is 24.4 Å². The van der Waals surface area contributed by atoms with Gasteiger partial charge < -0.3 is 24.4 Å². The normalized spacial score (nSPS) is 16.3. The van der Waals surface area contributed by atoms with E-state index in [1.165, 1.54) is 7.11 Å². The number of aliphatic hydroxyl groups excluding tert-OH is 1. The second-order valence-electron chi connectivity index (χ2n) is 6.54. The number of phenols is 1. The number of methoxy groups -OCH3 is 1. The zero-order chi connectivity index (χ0) is 18.0. The molecule has 0 amide bonds. The van der Waals surface area contributed by atoms with Crippen LogP contribution in [0.5, 0.6) is 23.0 Å². The molecule has 0 saturated carbocycles. The van der Waals surface area contributed by atoms with Crippen LogP contribution < -0.4 is 14.2 Å². The second kappa shape index (κ2) is 7.23. The Morgan fingerprint density at radius 3 is 2.44 bits per heavy atom. The smallest absolute Gasteiger partial charge is 0.231 e. The van der Waals surface area contributed by atoms with Crippen LogP contribution in [0.25, 0.3) is 0 Å². The average molecular weight is 344 g/mol. The maximum Gasteiger partial charge on any atom is 0.231 e. The molecular weight excluding hydrogens is 320 g/mol. The fourth-order valence-electron chi connectivity index (χ4n) is 3.29. The van der Waals surface area contributed by atoms with Crippen LogP contribution >= 0.6 is 0 Å². The van der Waals surface area contributed by atoms with Crippen LogP contribution in [0.2, 0.25) is 0 Å². The Hall–Kier alpha value is -2.40. The molecule has 3 atom stereocenters. The maximum absolute atomic E-state index is 9.91. The maximum atomic E-state index is 9.91. The van der Waals surface area contributed by atoms with Crippen molar-refractivity contribution in [1.82, 2.24) is 0 Å². The summed E-state index contributed by atoms with van der Waals surface area (Å²) in [6, 6.07) is 11.3. The molecule has 0 unspecified atom stereocenters. The van der Waals surface area contributed by atoms with E-state index in [-0.39, 0.29) is 36.9 Å². The van der Waals surface area contributed by atoms with Gasteiger partial charge in [-0.2, -0.15) is 0 Å². The third-order valence-corrected chi connectivity index (χ3v) is 5.03. The van der Waals surface area contributed by atoms with E-state index in [1.807, 2.05) is 37.3 Å². The van der Waals surface area contributed by atoms with E-state index < -0.39 is 0 Å². The minimum absolute atomic E-state index is 0.0196. The zero-order valence-electron chi connectivity index (χ0n) is 14.7. The first-order valence-corrected chi connectivity index (χ1v) is 8.42. The number of phenolic OH excluding ortho intramolecular Hbond substituents is 1. The third-order valence-electron chi connectivity index (χ3n) is 5.03. The molecule has 1 aliphatic rings. The Morgan fingerprint density at radius 1 is 1.04 bits per heavy atom. The van der Waals surface area contributed by atoms with Gasteiger partial charge in [0.25, 0.3) is 0 Å². The van der Waals surface area contributed by atoms with Crippen molar-refractivity contribution in [2.24, 2.45) is 11.8 Å². The first-order valence-electron chi connectivity index (χ1n) is 8.42. The fraction of sp³-hybridized carbons (Fsp3) is 0.400. The van der Waals surface area contributed by atoms with Gasteiger partial charge in [0.15, 0.2) is 23.0 Å². The van der Waals surface area contributed by atoms with Crippen LogP contribution in [0, 0.1) is 11.8 Å². The quantitative estimate of drug-likeness (QED) is 0.839. The van der Waals surface area contributed by atoms with Crippen LogP contribution in [0.15, 0.2) is 36.4 Å². The first-order chi connectivity index (χ1) is 12.0. The van der Waals surface area contributed by atoms with Gasteiger partial charge in [-0.3, -0.25) is 0 Å². The number of aliphatic hydroxyl groups is 1. The highest BCUT2D eigenvalue weighted by Crippen LogP contribution is 2.42. The summed E-state index contributed by atoms with van der Waals surface area (Å²) in [6.45, 7) is 4.49. The number of hydrogen-bond acceptors (Lipinski definition) is 5. The summed E-state index contributed by atoms with van der Waals surface area (Å²) in [7, 11) is 1.54. The number of ether oxygens (including phenoxy) is 3. The highest BCUT2D eigenvalue weighted by Gasteiger charge is 2.28. The molecule has 25 heavy (non-hydrogen) atoms. The number of fused-ring (bicyclic) bond motifs is 1. The van der Waals surface area contributed by atoms with Crippen molar-refractivity contribution in [3.63, 3.8) is 0 Å². The van der Waals surface area contributed by atoms with E-state index >= 15 is 0 Å². The molecule has 3 rings (SSSR count). The predicted molar refractivity (Wildman–Crippen MR) is 94.5 cm³/mol. The molecule has 0 aromatic heterocycles. The van der Waals surface area contributed by atoms with Gasteiger partial charge in [-0.15, -0.1) is 0 Å². The summed E-state index contributed by atoms with van der Waals surface area (Å²) < 4.78 is 16.2. The van der Waals surface area contributed by atoms with E-state index in [9.17, 15) is 10.2 Å². The molecule has 2 aromatic rings.